The van der Waals surface area contributed by atoms with Crippen LogP contribution in [0.25, 0.3) is 4.96 Å². The third-order valence-corrected chi connectivity index (χ3v) is 4.34. The van der Waals surface area contributed by atoms with Crippen molar-refractivity contribution in [3.8, 4) is 5.75 Å². The summed E-state index contributed by atoms with van der Waals surface area (Å²) < 4.78 is 81.5. The molecule has 138 valence electrons. The first kappa shape index (κ1) is 18.2. The standard InChI is InChI=1S/C14H7F6N3O2S/c1-6-9(26-12-21-11(14(18,19)20)22-23(6)12)10(24)25-8-4-2-3-7(5-8)13(15,16)17/h2-5H,1H3. The van der Waals surface area contributed by atoms with Gasteiger partial charge in [-0.05, 0) is 25.1 Å². The molecule has 0 radical (unpaired) electrons. The Morgan fingerprint density at radius 2 is 1.85 bits per heavy atom. The van der Waals surface area contributed by atoms with Gasteiger partial charge in [-0.1, -0.05) is 17.4 Å². The molecule has 0 bridgehead atoms. The first-order valence-corrected chi connectivity index (χ1v) is 7.61. The largest absolute Gasteiger partial charge is 0.453 e. The van der Waals surface area contributed by atoms with Crippen LogP contribution in [0.1, 0.15) is 26.8 Å². The molecule has 0 atom stereocenters. The first-order valence-electron chi connectivity index (χ1n) is 6.79. The van der Waals surface area contributed by atoms with Crippen molar-refractivity contribution in [1.82, 2.24) is 14.6 Å². The Balaban J connectivity index is 1.89. The number of alkyl halides is 6. The molecule has 0 saturated carbocycles. The van der Waals surface area contributed by atoms with Crippen molar-refractivity contribution in [2.75, 3.05) is 0 Å². The SMILES string of the molecule is Cc1c(C(=O)Oc2cccc(C(F)(F)F)c2)sc2nc(C(F)(F)F)nn12. The number of benzene rings is 1. The van der Waals surface area contributed by atoms with E-state index < -0.39 is 29.7 Å². The quantitative estimate of drug-likeness (QED) is 0.368. The van der Waals surface area contributed by atoms with Crippen molar-refractivity contribution in [1.29, 1.82) is 0 Å². The summed E-state index contributed by atoms with van der Waals surface area (Å²) in [7, 11) is 0. The predicted octanol–water partition coefficient (Wildman–Crippen LogP) is 4.36. The number of carbonyl (C=O) groups is 1. The molecule has 26 heavy (non-hydrogen) atoms. The van der Waals surface area contributed by atoms with E-state index in [1.165, 1.54) is 6.92 Å². The number of rotatable bonds is 2. The molecule has 0 aliphatic heterocycles. The van der Waals surface area contributed by atoms with Crippen LogP contribution in [0.15, 0.2) is 24.3 Å². The van der Waals surface area contributed by atoms with E-state index in [1.54, 1.807) is 0 Å². The minimum absolute atomic E-state index is 0.0324. The molecule has 0 fully saturated rings. The fourth-order valence-corrected chi connectivity index (χ4v) is 2.98. The highest BCUT2D eigenvalue weighted by Crippen LogP contribution is 2.33. The Morgan fingerprint density at radius 3 is 2.42 bits per heavy atom. The Hall–Kier alpha value is -2.63. The molecular weight excluding hydrogens is 388 g/mol. The number of aryl methyl sites for hydroxylation is 1. The van der Waals surface area contributed by atoms with E-state index in [9.17, 15) is 31.1 Å². The van der Waals surface area contributed by atoms with Crippen LogP contribution in [0, 0.1) is 6.92 Å². The van der Waals surface area contributed by atoms with Gasteiger partial charge in [0.15, 0.2) is 0 Å². The van der Waals surface area contributed by atoms with Gasteiger partial charge in [-0.2, -0.15) is 31.3 Å². The van der Waals surface area contributed by atoms with Crippen LogP contribution in [0.4, 0.5) is 26.3 Å². The average Bonchev–Trinajstić information content (AvgIpc) is 3.06. The Morgan fingerprint density at radius 1 is 1.15 bits per heavy atom. The highest BCUT2D eigenvalue weighted by molar-refractivity contribution is 7.19. The summed E-state index contributed by atoms with van der Waals surface area (Å²) in [4.78, 5) is 15.1. The summed E-state index contributed by atoms with van der Waals surface area (Å²) in [6, 6.07) is 3.67. The molecule has 0 spiro atoms. The normalized spacial score (nSPS) is 12.6. The fourth-order valence-electron chi connectivity index (χ4n) is 2.04. The molecule has 0 aliphatic carbocycles. The Kier molecular flexibility index (Phi) is 4.17. The molecule has 1 aromatic carbocycles. The fraction of sp³-hybridized carbons (Fsp3) is 0.214. The summed E-state index contributed by atoms with van der Waals surface area (Å²) in [5.74, 6) is -2.73. The lowest BCUT2D eigenvalue weighted by Crippen LogP contribution is -2.11. The number of thiazole rings is 1. The average molecular weight is 395 g/mol. The maximum absolute atomic E-state index is 12.7. The van der Waals surface area contributed by atoms with Crippen molar-refractivity contribution >= 4 is 22.3 Å². The lowest BCUT2D eigenvalue weighted by atomic mass is 10.2. The zero-order valence-electron chi connectivity index (χ0n) is 12.6. The van der Waals surface area contributed by atoms with E-state index in [1.807, 2.05) is 0 Å². The summed E-state index contributed by atoms with van der Waals surface area (Å²) in [6.45, 7) is 1.32. The van der Waals surface area contributed by atoms with Gasteiger partial charge in [0.25, 0.3) is 5.82 Å². The van der Waals surface area contributed by atoms with Crippen LogP contribution in [0.3, 0.4) is 0 Å². The van der Waals surface area contributed by atoms with Crippen molar-refractivity contribution in [2.24, 2.45) is 0 Å². The lowest BCUT2D eigenvalue weighted by molar-refractivity contribution is -0.144. The molecule has 0 saturated heterocycles. The van der Waals surface area contributed by atoms with E-state index in [0.29, 0.717) is 17.4 Å². The summed E-state index contributed by atoms with van der Waals surface area (Å²) in [6.07, 6.45) is -9.35. The maximum Gasteiger partial charge on any atom is 0.453 e. The van der Waals surface area contributed by atoms with Gasteiger partial charge in [-0.25, -0.2) is 9.31 Å². The van der Waals surface area contributed by atoms with Gasteiger partial charge in [-0.3, -0.25) is 0 Å². The number of esters is 1. The number of aromatic nitrogens is 3. The zero-order chi connectivity index (χ0) is 19.3. The van der Waals surface area contributed by atoms with Gasteiger partial charge in [0.2, 0.25) is 4.96 Å². The van der Waals surface area contributed by atoms with Crippen LogP contribution < -0.4 is 4.74 Å². The van der Waals surface area contributed by atoms with E-state index in [2.05, 4.69) is 10.1 Å². The number of hydrogen-bond donors (Lipinski definition) is 0. The van der Waals surface area contributed by atoms with Crippen molar-refractivity contribution < 1.29 is 35.9 Å². The van der Waals surface area contributed by atoms with Gasteiger partial charge >= 0.3 is 18.3 Å². The topological polar surface area (TPSA) is 56.5 Å². The number of fused-ring (bicyclic) bond motifs is 1. The monoisotopic (exact) mass is 395 g/mol. The van der Waals surface area contributed by atoms with Crippen LogP contribution in [0.5, 0.6) is 5.75 Å². The van der Waals surface area contributed by atoms with E-state index in [-0.39, 0.29) is 21.3 Å². The Bertz CT molecular complexity index is 989. The predicted molar refractivity (Wildman–Crippen MR) is 77.0 cm³/mol. The molecular formula is C14H7F6N3O2S. The third kappa shape index (κ3) is 3.36. The molecule has 0 unspecified atom stereocenters. The first-order chi connectivity index (χ1) is 12.0. The highest BCUT2D eigenvalue weighted by atomic mass is 32.1. The maximum atomic E-state index is 12.7. The number of carbonyl (C=O) groups excluding carboxylic acids is 1. The smallest absolute Gasteiger partial charge is 0.422 e. The number of halogens is 6. The minimum Gasteiger partial charge on any atom is -0.422 e. The zero-order valence-corrected chi connectivity index (χ0v) is 13.5. The molecule has 2 aromatic heterocycles. The second-order valence-corrected chi connectivity index (χ2v) is 6.04. The number of ether oxygens (including phenoxy) is 1. The van der Waals surface area contributed by atoms with Crippen LogP contribution in [0.2, 0.25) is 0 Å². The van der Waals surface area contributed by atoms with Gasteiger partial charge in [0.1, 0.15) is 10.6 Å². The van der Waals surface area contributed by atoms with Crippen LogP contribution in [-0.2, 0) is 12.4 Å². The summed E-state index contributed by atoms with van der Waals surface area (Å²) in [5, 5.41) is 3.27. The summed E-state index contributed by atoms with van der Waals surface area (Å²) >= 11 is 0.591. The second kappa shape index (κ2) is 5.97. The molecule has 5 nitrogen and oxygen atoms in total. The van der Waals surface area contributed by atoms with Gasteiger partial charge in [0.05, 0.1) is 11.3 Å². The van der Waals surface area contributed by atoms with E-state index >= 15 is 0 Å². The van der Waals surface area contributed by atoms with Crippen LogP contribution in [-0.4, -0.2) is 20.6 Å². The Labute approximate surface area is 144 Å². The van der Waals surface area contributed by atoms with Crippen molar-refractivity contribution in [2.45, 2.75) is 19.3 Å². The van der Waals surface area contributed by atoms with Gasteiger partial charge < -0.3 is 4.74 Å². The second-order valence-electron chi connectivity index (χ2n) is 5.06. The lowest BCUT2D eigenvalue weighted by Gasteiger charge is -2.08. The van der Waals surface area contributed by atoms with Crippen molar-refractivity contribution in [3.05, 3.63) is 46.2 Å². The van der Waals surface area contributed by atoms with Crippen molar-refractivity contribution in [3.63, 3.8) is 0 Å². The summed E-state index contributed by atoms with van der Waals surface area (Å²) in [5.41, 5.74) is -0.970. The van der Waals surface area contributed by atoms with E-state index in [4.69, 9.17) is 4.74 Å². The minimum atomic E-state index is -4.74. The molecule has 0 N–H and O–H groups in total. The van der Waals surface area contributed by atoms with E-state index in [0.717, 1.165) is 22.7 Å². The molecule has 12 heteroatoms. The highest BCUT2D eigenvalue weighted by Gasteiger charge is 2.37. The van der Waals surface area contributed by atoms with Gasteiger partial charge in [-0.15, -0.1) is 5.10 Å². The number of nitrogens with zero attached hydrogens (tertiary/aromatic N) is 3. The molecule has 2 heterocycles. The molecule has 3 rings (SSSR count). The third-order valence-electron chi connectivity index (χ3n) is 3.23. The molecule has 0 aliphatic rings. The number of hydrogen-bond acceptors (Lipinski definition) is 5. The van der Waals surface area contributed by atoms with Gasteiger partial charge in [0, 0.05) is 0 Å². The molecule has 3 aromatic rings. The molecule has 0 amide bonds. The van der Waals surface area contributed by atoms with Crippen LogP contribution >= 0.6 is 11.3 Å².